The highest BCUT2D eigenvalue weighted by Gasteiger charge is 2.17. The number of sulfonamides is 1. The van der Waals surface area contributed by atoms with Gasteiger partial charge >= 0.3 is 0 Å². The second-order valence-corrected chi connectivity index (χ2v) is 9.62. The van der Waals surface area contributed by atoms with Crippen LogP contribution in [0.3, 0.4) is 0 Å². The predicted octanol–water partition coefficient (Wildman–Crippen LogP) is 2.60. The molecule has 0 spiro atoms. The van der Waals surface area contributed by atoms with Crippen LogP contribution in [0.1, 0.15) is 0 Å². The fourth-order valence-electron chi connectivity index (χ4n) is 2.54. The molecular formula is C19H20FN5O3S2. The molecule has 2 aromatic carbocycles. The third-order valence-corrected chi connectivity index (χ3v) is 7.04. The molecule has 30 heavy (non-hydrogen) atoms. The second-order valence-electron chi connectivity index (χ2n) is 6.52. The maximum atomic E-state index is 13.1. The number of hydrogen-bond acceptors (Lipinski definition) is 6. The monoisotopic (exact) mass is 449 g/mol. The van der Waals surface area contributed by atoms with Crippen LogP contribution in [0.15, 0.2) is 58.6 Å². The first-order valence-corrected chi connectivity index (χ1v) is 11.2. The zero-order valence-corrected chi connectivity index (χ0v) is 18.2. The molecule has 158 valence electrons. The van der Waals surface area contributed by atoms with E-state index in [0.29, 0.717) is 16.7 Å². The Hall–Kier alpha value is -2.76. The average Bonchev–Trinajstić information content (AvgIpc) is 3.08. The molecule has 1 heterocycles. The molecule has 0 aliphatic rings. The molecule has 8 nitrogen and oxygen atoms in total. The molecule has 0 aliphatic carbocycles. The molecule has 0 atom stereocenters. The molecule has 0 aliphatic heterocycles. The summed E-state index contributed by atoms with van der Waals surface area (Å²) >= 11 is 1.21. The van der Waals surface area contributed by atoms with Crippen LogP contribution >= 0.6 is 11.8 Å². The third-order valence-electron chi connectivity index (χ3n) is 4.19. The van der Waals surface area contributed by atoms with Crippen LogP contribution in [0.25, 0.3) is 11.4 Å². The van der Waals surface area contributed by atoms with Crippen LogP contribution < -0.4 is 5.32 Å². The lowest BCUT2D eigenvalue weighted by atomic mass is 10.2. The van der Waals surface area contributed by atoms with Crippen molar-refractivity contribution in [3.63, 3.8) is 0 Å². The SMILES string of the molecule is CN(C)S(=O)(=O)c1ccc(NC(=O)CSc2nnc(-c3ccc(F)cc3)n2C)cc1. The zero-order valence-electron chi connectivity index (χ0n) is 16.5. The maximum absolute atomic E-state index is 13.1. The Morgan fingerprint density at radius 3 is 2.33 bits per heavy atom. The summed E-state index contributed by atoms with van der Waals surface area (Å²) in [5, 5.41) is 11.4. The molecule has 3 aromatic rings. The minimum atomic E-state index is -3.52. The minimum Gasteiger partial charge on any atom is -0.325 e. The van der Waals surface area contributed by atoms with Crippen LogP contribution in [-0.4, -0.2) is 53.2 Å². The van der Waals surface area contributed by atoms with Crippen LogP contribution in [0.2, 0.25) is 0 Å². The first kappa shape index (κ1) is 21.9. The Labute approximate surface area is 178 Å². The van der Waals surface area contributed by atoms with Gasteiger partial charge in [-0.25, -0.2) is 17.1 Å². The van der Waals surface area contributed by atoms with E-state index in [1.165, 1.54) is 62.3 Å². The lowest BCUT2D eigenvalue weighted by molar-refractivity contribution is -0.113. The second kappa shape index (κ2) is 8.94. The molecule has 0 unspecified atom stereocenters. The van der Waals surface area contributed by atoms with E-state index in [4.69, 9.17) is 0 Å². The van der Waals surface area contributed by atoms with Gasteiger partial charge in [-0.2, -0.15) is 0 Å². The summed E-state index contributed by atoms with van der Waals surface area (Å²) in [6.07, 6.45) is 0. The number of carbonyl (C=O) groups excluding carboxylic acids is 1. The van der Waals surface area contributed by atoms with Crippen molar-refractivity contribution in [2.75, 3.05) is 25.2 Å². The lowest BCUT2D eigenvalue weighted by Gasteiger charge is -2.12. The number of anilines is 1. The standard InChI is InChI=1S/C19H20FN5O3S2/c1-24(2)30(27,28)16-10-8-15(9-11-16)21-17(26)12-29-19-23-22-18(25(19)3)13-4-6-14(20)7-5-13/h4-11H,12H2,1-3H3,(H,21,26). The highest BCUT2D eigenvalue weighted by Crippen LogP contribution is 2.23. The van der Waals surface area contributed by atoms with E-state index >= 15 is 0 Å². The molecule has 1 amide bonds. The van der Waals surface area contributed by atoms with Crippen molar-refractivity contribution in [2.45, 2.75) is 10.1 Å². The minimum absolute atomic E-state index is 0.0904. The van der Waals surface area contributed by atoms with Gasteiger partial charge in [0, 0.05) is 32.4 Å². The molecular weight excluding hydrogens is 429 g/mol. The first-order chi connectivity index (χ1) is 14.2. The first-order valence-electron chi connectivity index (χ1n) is 8.79. The molecule has 1 N–H and O–H groups in total. The van der Waals surface area contributed by atoms with Crippen LogP contribution in [0.5, 0.6) is 0 Å². The van der Waals surface area contributed by atoms with Gasteiger partial charge < -0.3 is 9.88 Å². The Balaban J connectivity index is 1.61. The summed E-state index contributed by atoms with van der Waals surface area (Å²) in [5.74, 6) is 0.0531. The Morgan fingerprint density at radius 2 is 1.73 bits per heavy atom. The third kappa shape index (κ3) is 4.86. The van der Waals surface area contributed by atoms with Crippen molar-refractivity contribution in [2.24, 2.45) is 7.05 Å². The van der Waals surface area contributed by atoms with Crippen LogP contribution in [-0.2, 0) is 21.9 Å². The molecule has 0 fully saturated rings. The van der Waals surface area contributed by atoms with Gasteiger partial charge in [-0.05, 0) is 48.5 Å². The summed E-state index contributed by atoms with van der Waals surface area (Å²) in [6.45, 7) is 0. The predicted molar refractivity (Wildman–Crippen MR) is 113 cm³/mol. The number of amides is 1. The number of rotatable bonds is 7. The normalized spacial score (nSPS) is 11.6. The Kier molecular flexibility index (Phi) is 6.54. The van der Waals surface area contributed by atoms with Crippen molar-refractivity contribution in [3.8, 4) is 11.4 Å². The number of halogens is 1. The summed E-state index contributed by atoms with van der Waals surface area (Å²) in [4.78, 5) is 12.4. The van der Waals surface area contributed by atoms with Gasteiger partial charge in [0.05, 0.1) is 10.6 Å². The van der Waals surface area contributed by atoms with Gasteiger partial charge in [0.15, 0.2) is 11.0 Å². The summed E-state index contributed by atoms with van der Waals surface area (Å²) in [5.41, 5.74) is 1.21. The number of carbonyl (C=O) groups is 1. The van der Waals surface area contributed by atoms with Gasteiger partial charge in [0.25, 0.3) is 0 Å². The van der Waals surface area contributed by atoms with Gasteiger partial charge in [0.1, 0.15) is 5.82 Å². The maximum Gasteiger partial charge on any atom is 0.242 e. The molecule has 0 saturated carbocycles. The number of nitrogens with one attached hydrogen (secondary N) is 1. The number of hydrogen-bond donors (Lipinski definition) is 1. The van der Waals surface area contributed by atoms with E-state index in [-0.39, 0.29) is 22.4 Å². The largest absolute Gasteiger partial charge is 0.325 e. The molecule has 0 radical (unpaired) electrons. The zero-order chi connectivity index (χ0) is 21.9. The van der Waals surface area contributed by atoms with Crippen LogP contribution in [0.4, 0.5) is 10.1 Å². The van der Waals surface area contributed by atoms with Crippen molar-refractivity contribution in [1.82, 2.24) is 19.1 Å². The molecule has 0 saturated heterocycles. The fourth-order valence-corrected chi connectivity index (χ4v) is 4.15. The molecule has 0 bridgehead atoms. The van der Waals surface area contributed by atoms with E-state index in [0.717, 1.165) is 9.87 Å². The van der Waals surface area contributed by atoms with E-state index in [9.17, 15) is 17.6 Å². The molecule has 3 rings (SSSR count). The number of thioether (sulfide) groups is 1. The fraction of sp³-hybridized carbons (Fsp3) is 0.211. The van der Waals surface area contributed by atoms with E-state index in [1.807, 2.05) is 0 Å². The summed E-state index contributed by atoms with van der Waals surface area (Å²) in [7, 11) is 1.16. The number of nitrogens with zero attached hydrogens (tertiary/aromatic N) is 4. The quantitative estimate of drug-likeness (QED) is 0.557. The van der Waals surface area contributed by atoms with E-state index in [1.54, 1.807) is 23.7 Å². The van der Waals surface area contributed by atoms with Crippen molar-refractivity contribution >= 4 is 33.4 Å². The van der Waals surface area contributed by atoms with E-state index in [2.05, 4.69) is 15.5 Å². The van der Waals surface area contributed by atoms with Crippen molar-refractivity contribution in [1.29, 1.82) is 0 Å². The van der Waals surface area contributed by atoms with Gasteiger partial charge in [0.2, 0.25) is 15.9 Å². The molecule has 1 aromatic heterocycles. The van der Waals surface area contributed by atoms with Crippen LogP contribution in [0, 0.1) is 5.82 Å². The number of benzene rings is 2. The van der Waals surface area contributed by atoms with Gasteiger partial charge in [-0.15, -0.1) is 10.2 Å². The van der Waals surface area contributed by atoms with Crippen molar-refractivity contribution < 1.29 is 17.6 Å². The summed E-state index contributed by atoms with van der Waals surface area (Å²) < 4.78 is 40.1. The highest BCUT2D eigenvalue weighted by molar-refractivity contribution is 7.99. The number of aromatic nitrogens is 3. The average molecular weight is 450 g/mol. The van der Waals surface area contributed by atoms with Gasteiger partial charge in [-0.1, -0.05) is 11.8 Å². The van der Waals surface area contributed by atoms with E-state index < -0.39 is 10.0 Å². The summed E-state index contributed by atoms with van der Waals surface area (Å²) in [6, 6.07) is 11.9. The van der Waals surface area contributed by atoms with Gasteiger partial charge in [-0.3, -0.25) is 4.79 Å². The van der Waals surface area contributed by atoms with Crippen molar-refractivity contribution in [3.05, 3.63) is 54.3 Å². The lowest BCUT2D eigenvalue weighted by Crippen LogP contribution is -2.22. The molecule has 11 heteroatoms. The highest BCUT2D eigenvalue weighted by atomic mass is 32.2. The Morgan fingerprint density at radius 1 is 1.10 bits per heavy atom. The Bertz CT molecular complexity index is 1140. The smallest absolute Gasteiger partial charge is 0.242 e. The topological polar surface area (TPSA) is 97.2 Å².